The number of fused-ring (bicyclic) bond motifs is 3. The number of aryl methyl sites for hydroxylation is 2. The Bertz CT molecular complexity index is 2360. The van der Waals surface area contributed by atoms with Crippen molar-refractivity contribution in [1.82, 2.24) is 19.3 Å². The van der Waals surface area contributed by atoms with Crippen LogP contribution in [0.25, 0.3) is 44.4 Å². The molecule has 280 valence electrons. The van der Waals surface area contributed by atoms with E-state index in [0.29, 0.717) is 28.7 Å². The van der Waals surface area contributed by atoms with Crippen LogP contribution in [0.1, 0.15) is 95.7 Å². The maximum atomic E-state index is 6.53. The van der Waals surface area contributed by atoms with Gasteiger partial charge in [0.05, 0.1) is 5.69 Å². The summed E-state index contributed by atoms with van der Waals surface area (Å²) >= 11 is 0. The van der Waals surface area contributed by atoms with Crippen LogP contribution >= 0.6 is 0 Å². The number of hydrogen-bond acceptors (Lipinski definition) is 3. The first-order valence-electron chi connectivity index (χ1n) is 19.2. The molecule has 0 N–H and O–H groups in total. The summed E-state index contributed by atoms with van der Waals surface area (Å²) in [6.07, 6.45) is 7.72. The molecule has 1 unspecified atom stereocenters. The third-order valence-corrected chi connectivity index (χ3v) is 10.4. The molecular formula is C48H52N4OPt. The summed E-state index contributed by atoms with van der Waals surface area (Å²) in [6.45, 7) is 18.1. The quantitative estimate of drug-likeness (QED) is 0.115. The Balaban J connectivity index is 0.00000497. The van der Waals surface area contributed by atoms with Gasteiger partial charge in [-0.05, 0) is 103 Å². The minimum Gasteiger partial charge on any atom is -0.509 e. The van der Waals surface area contributed by atoms with E-state index in [9.17, 15) is 0 Å². The van der Waals surface area contributed by atoms with Crippen molar-refractivity contribution in [2.24, 2.45) is 11.3 Å². The zero-order valence-corrected chi connectivity index (χ0v) is 35.2. The number of ether oxygens (including phenoxy) is 1. The molecule has 3 heterocycles. The zero-order valence-electron chi connectivity index (χ0n) is 32.9. The van der Waals surface area contributed by atoms with Crippen molar-refractivity contribution >= 4 is 21.8 Å². The van der Waals surface area contributed by atoms with E-state index in [0.717, 1.165) is 63.3 Å². The van der Waals surface area contributed by atoms with Crippen molar-refractivity contribution in [3.8, 4) is 34.1 Å². The van der Waals surface area contributed by atoms with E-state index in [1.807, 2.05) is 41.2 Å². The van der Waals surface area contributed by atoms with E-state index >= 15 is 0 Å². The number of rotatable bonds is 12. The summed E-state index contributed by atoms with van der Waals surface area (Å²) in [7, 11) is 0. The molecule has 0 fully saturated rings. The third kappa shape index (κ3) is 8.58. The van der Waals surface area contributed by atoms with Crippen LogP contribution in [-0.2, 0) is 27.5 Å². The van der Waals surface area contributed by atoms with Crippen molar-refractivity contribution in [2.75, 3.05) is 0 Å². The fourth-order valence-electron chi connectivity index (χ4n) is 7.48. The van der Waals surface area contributed by atoms with Crippen molar-refractivity contribution in [3.63, 3.8) is 0 Å². The Morgan fingerprint density at radius 3 is 2.33 bits per heavy atom. The van der Waals surface area contributed by atoms with Crippen LogP contribution in [0.4, 0.5) is 0 Å². The number of benzene rings is 4. The van der Waals surface area contributed by atoms with Crippen LogP contribution in [0.15, 0.2) is 97.2 Å². The van der Waals surface area contributed by atoms with Crippen LogP contribution in [0, 0.1) is 37.3 Å². The Morgan fingerprint density at radius 1 is 0.796 bits per heavy atom. The first-order valence-corrected chi connectivity index (χ1v) is 19.2. The molecule has 7 rings (SSSR count). The van der Waals surface area contributed by atoms with Crippen molar-refractivity contribution in [3.05, 3.63) is 132 Å². The molecule has 5 nitrogen and oxygen atoms in total. The summed E-state index contributed by atoms with van der Waals surface area (Å²) in [5, 5.41) is 7.25. The normalized spacial score (nSPS) is 12.4. The number of hydrogen-bond donors (Lipinski definition) is 0. The molecule has 0 aliphatic carbocycles. The second-order valence-corrected chi connectivity index (χ2v) is 16.3. The maximum absolute atomic E-state index is 6.53. The Kier molecular flexibility index (Phi) is 12.0. The van der Waals surface area contributed by atoms with Gasteiger partial charge in [0.25, 0.3) is 0 Å². The molecule has 4 aromatic carbocycles. The smallest absolute Gasteiger partial charge is 0.509 e. The second kappa shape index (κ2) is 16.5. The van der Waals surface area contributed by atoms with Crippen molar-refractivity contribution in [1.29, 1.82) is 0 Å². The molecule has 0 amide bonds. The summed E-state index contributed by atoms with van der Waals surface area (Å²) in [6, 6.07) is 39.1. The molecule has 0 spiro atoms. The van der Waals surface area contributed by atoms with Gasteiger partial charge in [0.1, 0.15) is 5.82 Å². The summed E-state index contributed by atoms with van der Waals surface area (Å²) in [5.74, 6) is 3.24. The maximum Gasteiger partial charge on any atom is 2.00 e. The van der Waals surface area contributed by atoms with E-state index in [4.69, 9.17) is 14.8 Å². The van der Waals surface area contributed by atoms with E-state index in [2.05, 4.69) is 133 Å². The van der Waals surface area contributed by atoms with Crippen LogP contribution in [-0.4, -0.2) is 19.3 Å². The van der Waals surface area contributed by atoms with Crippen molar-refractivity contribution in [2.45, 2.75) is 93.4 Å². The summed E-state index contributed by atoms with van der Waals surface area (Å²) in [4.78, 5) is 4.91. The molecule has 0 radical (unpaired) electrons. The number of aromatic nitrogens is 4. The SMILES string of the molecule is Cc1nn(-c2[c-]c(Oc3[c-]c4c(cc3)c3cc(C(C)CCCC(C)(C)C)ccc3n4-c3cc(CCC(C)C)ccn3)ccc2)c(C)c1-c1ccccc1.[Pt+2]. The molecule has 0 aliphatic rings. The number of pyridine rings is 1. The predicted octanol–water partition coefficient (Wildman–Crippen LogP) is 12.9. The van der Waals surface area contributed by atoms with Gasteiger partial charge in [-0.1, -0.05) is 95.9 Å². The third-order valence-electron chi connectivity index (χ3n) is 10.4. The van der Waals surface area contributed by atoms with Crippen LogP contribution in [0.2, 0.25) is 0 Å². The average molecular weight is 896 g/mol. The van der Waals surface area contributed by atoms with E-state index in [-0.39, 0.29) is 21.1 Å². The van der Waals surface area contributed by atoms with E-state index in [1.54, 1.807) is 0 Å². The fourth-order valence-corrected chi connectivity index (χ4v) is 7.48. The zero-order chi connectivity index (χ0) is 37.3. The fraction of sp³-hybridized carbons (Fsp3) is 0.333. The van der Waals surface area contributed by atoms with Crippen LogP contribution in [0.5, 0.6) is 11.5 Å². The largest absolute Gasteiger partial charge is 2.00 e. The molecule has 3 aromatic heterocycles. The minimum absolute atomic E-state index is 0. The predicted molar refractivity (Wildman–Crippen MR) is 220 cm³/mol. The van der Waals surface area contributed by atoms with Gasteiger partial charge in [0.15, 0.2) is 0 Å². The average Bonchev–Trinajstić information content (AvgIpc) is 3.62. The molecule has 6 heteroatoms. The van der Waals surface area contributed by atoms with Gasteiger partial charge < -0.3 is 9.30 Å². The molecule has 7 aromatic rings. The standard InChI is InChI=1S/C48H52N4O.Pt/c1-32(2)19-20-36-25-27-49-46(28-36)51-44-24-21-38(33(3)14-13-26-48(6,7)8)29-43(44)42-23-22-41(31-45(42)51)53-40-18-12-17-39(30-40)52-35(5)47(34(4)50-52)37-15-10-9-11-16-37;/h9-12,15-18,21-25,27-29,32-33H,13-14,19-20,26H2,1-8H3;/q-2;+2. The first-order chi connectivity index (χ1) is 25.4. The van der Waals surface area contributed by atoms with Gasteiger partial charge in [-0.2, -0.15) is 17.2 Å². The van der Waals surface area contributed by atoms with Gasteiger partial charge in [-0.25, -0.2) is 4.98 Å². The monoisotopic (exact) mass is 895 g/mol. The summed E-state index contributed by atoms with van der Waals surface area (Å²) < 4.78 is 10.7. The first kappa shape index (κ1) is 39.2. The van der Waals surface area contributed by atoms with Gasteiger partial charge in [0, 0.05) is 34.5 Å². The van der Waals surface area contributed by atoms with Gasteiger partial charge in [0.2, 0.25) is 0 Å². The van der Waals surface area contributed by atoms with E-state index < -0.39 is 0 Å². The van der Waals surface area contributed by atoms with Gasteiger partial charge in [-0.3, -0.25) is 4.68 Å². The van der Waals surface area contributed by atoms with Crippen LogP contribution in [0.3, 0.4) is 0 Å². The van der Waals surface area contributed by atoms with Gasteiger partial charge >= 0.3 is 21.1 Å². The van der Waals surface area contributed by atoms with Crippen LogP contribution < -0.4 is 4.74 Å². The number of nitrogens with zero attached hydrogens (tertiary/aromatic N) is 4. The Morgan fingerprint density at radius 2 is 1.57 bits per heavy atom. The molecular weight excluding hydrogens is 844 g/mol. The molecule has 0 saturated carbocycles. The van der Waals surface area contributed by atoms with Gasteiger partial charge in [-0.15, -0.1) is 35.7 Å². The second-order valence-electron chi connectivity index (χ2n) is 16.3. The minimum atomic E-state index is 0. The molecule has 1 atom stereocenters. The molecule has 0 aliphatic heterocycles. The molecule has 0 bridgehead atoms. The summed E-state index contributed by atoms with van der Waals surface area (Å²) in [5.41, 5.74) is 10.2. The topological polar surface area (TPSA) is 44.9 Å². The van der Waals surface area contributed by atoms with E-state index in [1.165, 1.54) is 35.8 Å². The van der Waals surface area contributed by atoms with Crippen molar-refractivity contribution < 1.29 is 25.8 Å². The Labute approximate surface area is 336 Å². The molecule has 54 heavy (non-hydrogen) atoms. The Hall–Kier alpha value is -4.47. The molecule has 0 saturated heterocycles.